The van der Waals surface area contributed by atoms with Crippen LogP contribution in [0.1, 0.15) is 37.0 Å². The Labute approximate surface area is 132 Å². The molecule has 3 nitrogen and oxygen atoms in total. The van der Waals surface area contributed by atoms with Crippen LogP contribution in [0.5, 0.6) is 0 Å². The normalized spacial score (nSPS) is 21.0. The smallest absolute Gasteiger partial charge is 0.252 e. The average molecular weight is 306 g/mol. The van der Waals surface area contributed by atoms with Crippen molar-refractivity contribution in [1.82, 2.24) is 10.2 Å². The fourth-order valence-electron chi connectivity index (χ4n) is 2.92. The van der Waals surface area contributed by atoms with E-state index in [0.717, 1.165) is 29.5 Å². The molecular weight excluding hydrogens is 280 g/mol. The van der Waals surface area contributed by atoms with Crippen LogP contribution in [-0.4, -0.2) is 42.7 Å². The molecule has 0 unspecified atom stereocenters. The molecule has 21 heavy (non-hydrogen) atoms. The molecule has 1 heterocycles. The summed E-state index contributed by atoms with van der Waals surface area (Å²) in [6, 6.07) is 8.19. The number of carbonyl (C=O) groups is 1. The van der Waals surface area contributed by atoms with Crippen molar-refractivity contribution < 1.29 is 4.79 Å². The minimum atomic E-state index is 0.0388. The molecule has 1 aliphatic heterocycles. The fraction of sp³-hybridized carbons (Fsp3) is 0.588. The Morgan fingerprint density at radius 3 is 2.95 bits per heavy atom. The monoisotopic (exact) mass is 306 g/mol. The lowest BCUT2D eigenvalue weighted by molar-refractivity contribution is 0.0914. The molecule has 0 bridgehead atoms. The molecule has 2 rings (SSSR count). The number of thioether (sulfide) groups is 1. The molecule has 1 saturated heterocycles. The van der Waals surface area contributed by atoms with Crippen LogP contribution in [0.4, 0.5) is 0 Å². The number of rotatable bonds is 5. The lowest BCUT2D eigenvalue weighted by Gasteiger charge is -2.35. The van der Waals surface area contributed by atoms with Gasteiger partial charge in [0.1, 0.15) is 0 Å². The quantitative estimate of drug-likeness (QED) is 0.848. The van der Waals surface area contributed by atoms with Crippen LogP contribution in [0.25, 0.3) is 0 Å². The van der Waals surface area contributed by atoms with Gasteiger partial charge in [-0.1, -0.05) is 19.1 Å². The third-order valence-corrected chi connectivity index (χ3v) is 5.02. The van der Waals surface area contributed by atoms with E-state index in [1.165, 1.54) is 12.8 Å². The van der Waals surface area contributed by atoms with E-state index in [9.17, 15) is 4.79 Å². The molecule has 1 aromatic carbocycles. The van der Waals surface area contributed by atoms with E-state index in [2.05, 4.69) is 24.1 Å². The predicted molar refractivity (Wildman–Crippen MR) is 90.0 cm³/mol. The fourth-order valence-corrected chi connectivity index (χ4v) is 3.52. The molecule has 0 radical (unpaired) electrons. The van der Waals surface area contributed by atoms with E-state index in [1.54, 1.807) is 11.8 Å². The molecule has 0 aliphatic carbocycles. The van der Waals surface area contributed by atoms with Crippen molar-refractivity contribution in [2.45, 2.75) is 37.6 Å². The van der Waals surface area contributed by atoms with Gasteiger partial charge in [-0.25, -0.2) is 0 Å². The Morgan fingerprint density at radius 1 is 1.48 bits per heavy atom. The highest BCUT2D eigenvalue weighted by atomic mass is 32.2. The first-order valence-corrected chi connectivity index (χ1v) is 8.99. The van der Waals surface area contributed by atoms with Crippen LogP contribution in [0.3, 0.4) is 0 Å². The summed E-state index contributed by atoms with van der Waals surface area (Å²) in [7, 11) is 0. The van der Waals surface area contributed by atoms with Crippen molar-refractivity contribution >= 4 is 17.7 Å². The summed E-state index contributed by atoms with van der Waals surface area (Å²) in [5.41, 5.74) is 0.782. The Balaban J connectivity index is 1.88. The Hall–Kier alpha value is -1.00. The summed E-state index contributed by atoms with van der Waals surface area (Å²) in [5.74, 6) is 0.811. The van der Waals surface area contributed by atoms with Crippen LogP contribution in [0, 0.1) is 5.92 Å². The van der Waals surface area contributed by atoms with Gasteiger partial charge in [0, 0.05) is 24.0 Å². The van der Waals surface area contributed by atoms with E-state index in [-0.39, 0.29) is 5.91 Å². The molecule has 1 amide bonds. The van der Waals surface area contributed by atoms with Gasteiger partial charge >= 0.3 is 0 Å². The molecular formula is C17H26N2OS. The molecule has 1 fully saturated rings. The number of carbonyl (C=O) groups excluding carboxylic acids is 1. The lowest BCUT2D eigenvalue weighted by atomic mass is 9.99. The summed E-state index contributed by atoms with van der Waals surface area (Å²) in [5, 5.41) is 3.09. The average Bonchev–Trinajstić information content (AvgIpc) is 2.52. The molecule has 0 aromatic heterocycles. The largest absolute Gasteiger partial charge is 0.350 e. The first-order valence-electron chi connectivity index (χ1n) is 7.77. The first-order chi connectivity index (χ1) is 10.1. The number of hydrogen-bond acceptors (Lipinski definition) is 3. The number of likely N-dealkylation sites (tertiary alicyclic amines) is 1. The number of piperidine rings is 1. The molecule has 116 valence electrons. The van der Waals surface area contributed by atoms with E-state index in [1.807, 2.05) is 30.5 Å². The highest BCUT2D eigenvalue weighted by molar-refractivity contribution is 7.98. The maximum absolute atomic E-state index is 12.3. The van der Waals surface area contributed by atoms with Crippen LogP contribution >= 0.6 is 11.8 Å². The maximum atomic E-state index is 12.3. The van der Waals surface area contributed by atoms with E-state index < -0.39 is 0 Å². The van der Waals surface area contributed by atoms with E-state index >= 15 is 0 Å². The standard InChI is InChI=1S/C17H26N2OS/c1-13-7-6-10-19(12-13)14(2)11-18-17(20)15-8-4-5-9-16(15)21-3/h4-5,8-9,13-14H,6-7,10-12H2,1-3H3,(H,18,20)/t13-,14-/m1/s1. The second kappa shape index (κ2) is 7.85. The number of amides is 1. The van der Waals surface area contributed by atoms with Crippen molar-refractivity contribution in [3.05, 3.63) is 29.8 Å². The number of hydrogen-bond donors (Lipinski definition) is 1. The van der Waals surface area contributed by atoms with Gasteiger partial charge in [-0.05, 0) is 50.6 Å². The molecule has 1 aliphatic rings. The number of benzene rings is 1. The Kier molecular flexibility index (Phi) is 6.12. The predicted octanol–water partition coefficient (Wildman–Crippen LogP) is 3.26. The van der Waals surface area contributed by atoms with Crippen molar-refractivity contribution in [3.63, 3.8) is 0 Å². The third kappa shape index (κ3) is 4.48. The van der Waals surface area contributed by atoms with Gasteiger partial charge < -0.3 is 5.32 Å². The summed E-state index contributed by atoms with van der Waals surface area (Å²) in [6.07, 6.45) is 4.61. The third-order valence-electron chi connectivity index (χ3n) is 4.22. The van der Waals surface area contributed by atoms with E-state index in [4.69, 9.17) is 0 Å². The number of nitrogens with one attached hydrogen (secondary N) is 1. The van der Waals surface area contributed by atoms with Crippen LogP contribution < -0.4 is 5.32 Å². The van der Waals surface area contributed by atoms with Crippen LogP contribution in [0.15, 0.2) is 29.2 Å². The summed E-state index contributed by atoms with van der Waals surface area (Å²) in [4.78, 5) is 15.9. The van der Waals surface area contributed by atoms with Gasteiger partial charge in [0.2, 0.25) is 0 Å². The minimum Gasteiger partial charge on any atom is -0.350 e. The summed E-state index contributed by atoms with van der Waals surface area (Å²) in [6.45, 7) is 7.54. The SMILES string of the molecule is CSc1ccccc1C(=O)NC[C@@H](C)N1CCC[C@@H](C)C1. The Bertz CT molecular complexity index is 478. The van der Waals surface area contributed by atoms with Crippen molar-refractivity contribution in [2.75, 3.05) is 25.9 Å². The molecule has 0 saturated carbocycles. The molecule has 1 N–H and O–H groups in total. The molecule has 1 aromatic rings. The Morgan fingerprint density at radius 2 is 2.24 bits per heavy atom. The van der Waals surface area contributed by atoms with Crippen molar-refractivity contribution in [3.8, 4) is 0 Å². The van der Waals surface area contributed by atoms with Gasteiger partial charge in [0.15, 0.2) is 0 Å². The topological polar surface area (TPSA) is 32.3 Å². The van der Waals surface area contributed by atoms with Crippen LogP contribution in [0.2, 0.25) is 0 Å². The number of nitrogens with zero attached hydrogens (tertiary/aromatic N) is 1. The second-order valence-corrected chi connectivity index (χ2v) is 6.85. The first kappa shape index (κ1) is 16.4. The van der Waals surface area contributed by atoms with E-state index in [0.29, 0.717) is 12.6 Å². The maximum Gasteiger partial charge on any atom is 0.252 e. The highest BCUT2D eigenvalue weighted by Crippen LogP contribution is 2.20. The van der Waals surface area contributed by atoms with Gasteiger partial charge in [0.25, 0.3) is 5.91 Å². The molecule has 0 spiro atoms. The van der Waals surface area contributed by atoms with Gasteiger partial charge in [-0.2, -0.15) is 0 Å². The summed E-state index contributed by atoms with van der Waals surface area (Å²) >= 11 is 1.62. The molecule has 2 atom stereocenters. The van der Waals surface area contributed by atoms with Gasteiger partial charge in [0.05, 0.1) is 5.56 Å². The highest BCUT2D eigenvalue weighted by Gasteiger charge is 2.21. The van der Waals surface area contributed by atoms with Gasteiger partial charge in [-0.15, -0.1) is 11.8 Å². The lowest BCUT2D eigenvalue weighted by Crippen LogP contribution is -2.46. The van der Waals surface area contributed by atoms with Crippen molar-refractivity contribution in [1.29, 1.82) is 0 Å². The minimum absolute atomic E-state index is 0.0388. The van der Waals surface area contributed by atoms with Gasteiger partial charge in [-0.3, -0.25) is 9.69 Å². The zero-order valence-corrected chi connectivity index (χ0v) is 14.1. The summed E-state index contributed by atoms with van der Waals surface area (Å²) < 4.78 is 0. The zero-order valence-electron chi connectivity index (χ0n) is 13.3. The van der Waals surface area contributed by atoms with Crippen LogP contribution in [-0.2, 0) is 0 Å². The zero-order chi connectivity index (χ0) is 15.2. The second-order valence-electron chi connectivity index (χ2n) is 6.00. The molecule has 4 heteroatoms. The van der Waals surface area contributed by atoms with Crippen molar-refractivity contribution in [2.24, 2.45) is 5.92 Å².